The SMILES string of the molecule is C[C@H]1[C@H](F)C[C@@H](CNCc2cc(-c3cnc(C(F)(F)F)nc3)ncc2C(F)(F)F)N1S(=O)(=O)c1ccc(F)cc1. The number of hydrogen-bond acceptors (Lipinski definition) is 6. The Morgan fingerprint density at radius 1 is 0.975 bits per heavy atom. The van der Waals surface area contributed by atoms with Crippen LogP contribution in [0.3, 0.4) is 0 Å². The molecule has 7 nitrogen and oxygen atoms in total. The van der Waals surface area contributed by atoms with Crippen LogP contribution in [0.2, 0.25) is 0 Å². The monoisotopic (exact) mass is 595 g/mol. The molecule has 3 atom stereocenters. The van der Waals surface area contributed by atoms with Gasteiger partial charge in [0.25, 0.3) is 0 Å². The van der Waals surface area contributed by atoms with Crippen molar-refractivity contribution < 1.29 is 43.5 Å². The summed E-state index contributed by atoms with van der Waals surface area (Å²) in [5, 5.41) is 2.73. The fourth-order valence-corrected chi connectivity index (χ4v) is 6.25. The van der Waals surface area contributed by atoms with Crippen LogP contribution in [0.5, 0.6) is 0 Å². The standard InChI is InChI=1S/C24H21F8N5O2S/c1-13-20(26)7-17(37(13)40(38,39)18-4-2-16(25)3-5-18)11-33-8-14-6-21(34-12-19(14)23(27,28)29)15-9-35-22(36-10-15)24(30,31)32/h2-6,9-10,12-13,17,20,33H,7-8,11H2,1H3/t13-,17-,20+/m0/s1. The number of nitrogens with one attached hydrogen (secondary N) is 1. The highest BCUT2D eigenvalue weighted by Gasteiger charge is 2.46. The van der Waals surface area contributed by atoms with E-state index in [0.29, 0.717) is 6.20 Å². The molecule has 3 heterocycles. The Kier molecular flexibility index (Phi) is 8.15. The van der Waals surface area contributed by atoms with E-state index >= 15 is 0 Å². The Labute approximate surface area is 223 Å². The van der Waals surface area contributed by atoms with Gasteiger partial charge in [-0.05, 0) is 49.2 Å². The Hall–Kier alpha value is -3.24. The number of benzene rings is 1. The number of rotatable bonds is 7. The molecule has 0 bridgehead atoms. The van der Waals surface area contributed by atoms with Crippen molar-refractivity contribution in [2.45, 2.75) is 55.4 Å². The quantitative estimate of drug-likeness (QED) is 0.387. The highest BCUT2D eigenvalue weighted by Crippen LogP contribution is 2.35. The molecule has 1 fully saturated rings. The Morgan fingerprint density at radius 2 is 1.60 bits per heavy atom. The van der Waals surface area contributed by atoms with E-state index in [0.717, 1.165) is 47.0 Å². The summed E-state index contributed by atoms with van der Waals surface area (Å²) in [5.74, 6) is -2.10. The summed E-state index contributed by atoms with van der Waals surface area (Å²) in [6, 6.07) is 2.90. The van der Waals surface area contributed by atoms with E-state index in [2.05, 4.69) is 20.3 Å². The molecular weight excluding hydrogens is 574 g/mol. The third-order valence-corrected chi connectivity index (χ3v) is 8.42. The van der Waals surface area contributed by atoms with Gasteiger partial charge in [0.15, 0.2) is 0 Å². The zero-order valence-electron chi connectivity index (χ0n) is 20.5. The normalized spacial score (nSPS) is 20.7. The maximum Gasteiger partial charge on any atom is 0.451 e. The maximum absolute atomic E-state index is 14.6. The third-order valence-electron chi connectivity index (χ3n) is 6.36. The van der Waals surface area contributed by atoms with Crippen molar-refractivity contribution in [2.75, 3.05) is 6.54 Å². The van der Waals surface area contributed by atoms with Gasteiger partial charge in [0.2, 0.25) is 15.8 Å². The lowest BCUT2D eigenvalue weighted by atomic mass is 10.1. The molecule has 0 unspecified atom stereocenters. The lowest BCUT2D eigenvalue weighted by Crippen LogP contribution is -2.45. The molecular formula is C24H21F8N5O2S. The maximum atomic E-state index is 14.6. The molecule has 1 aromatic carbocycles. The van der Waals surface area contributed by atoms with Crippen molar-refractivity contribution in [3.63, 3.8) is 0 Å². The van der Waals surface area contributed by atoms with Gasteiger partial charge >= 0.3 is 12.4 Å². The van der Waals surface area contributed by atoms with Gasteiger partial charge in [-0.3, -0.25) is 4.98 Å². The van der Waals surface area contributed by atoms with Gasteiger partial charge in [0, 0.05) is 43.3 Å². The number of hydrogen-bond donors (Lipinski definition) is 1. The van der Waals surface area contributed by atoms with E-state index < -0.39 is 64.4 Å². The summed E-state index contributed by atoms with van der Waals surface area (Å²) in [7, 11) is -4.27. The zero-order chi connectivity index (χ0) is 29.5. The van der Waals surface area contributed by atoms with Crippen molar-refractivity contribution in [3.05, 3.63) is 71.7 Å². The smallest absolute Gasteiger partial charge is 0.311 e. The second-order valence-electron chi connectivity index (χ2n) is 9.08. The van der Waals surface area contributed by atoms with Crippen molar-refractivity contribution in [1.29, 1.82) is 0 Å². The van der Waals surface area contributed by atoms with Gasteiger partial charge in [-0.25, -0.2) is 27.2 Å². The van der Waals surface area contributed by atoms with E-state index in [1.807, 2.05) is 0 Å². The lowest BCUT2D eigenvalue weighted by Gasteiger charge is -2.28. The number of halogens is 8. The second kappa shape index (κ2) is 11.0. The van der Waals surface area contributed by atoms with Crippen LogP contribution in [0.4, 0.5) is 35.1 Å². The molecule has 16 heteroatoms. The van der Waals surface area contributed by atoms with Crippen LogP contribution in [0.25, 0.3) is 11.3 Å². The van der Waals surface area contributed by atoms with E-state index in [-0.39, 0.29) is 34.7 Å². The van der Waals surface area contributed by atoms with E-state index in [1.54, 1.807) is 0 Å². The van der Waals surface area contributed by atoms with Crippen molar-refractivity contribution in [2.24, 2.45) is 0 Å². The molecule has 0 saturated carbocycles. The average Bonchev–Trinajstić information content (AvgIpc) is 3.16. The number of pyridine rings is 1. The molecule has 1 N–H and O–H groups in total. The highest BCUT2D eigenvalue weighted by molar-refractivity contribution is 7.89. The minimum absolute atomic E-state index is 0.0653. The summed E-state index contributed by atoms with van der Waals surface area (Å²) in [6.07, 6.45) is -9.35. The van der Waals surface area contributed by atoms with Gasteiger partial charge in [0.1, 0.15) is 12.0 Å². The first-order valence-corrected chi connectivity index (χ1v) is 13.1. The Balaban J connectivity index is 1.56. The van der Waals surface area contributed by atoms with Crippen LogP contribution >= 0.6 is 0 Å². The Morgan fingerprint density at radius 3 is 2.17 bits per heavy atom. The minimum atomic E-state index is -4.83. The molecule has 3 aromatic rings. The predicted molar refractivity (Wildman–Crippen MR) is 125 cm³/mol. The lowest BCUT2D eigenvalue weighted by molar-refractivity contribution is -0.145. The highest BCUT2D eigenvalue weighted by atomic mass is 32.2. The molecule has 1 saturated heterocycles. The van der Waals surface area contributed by atoms with Crippen LogP contribution in [0, 0.1) is 5.82 Å². The molecule has 0 amide bonds. The van der Waals surface area contributed by atoms with Crippen LogP contribution in [-0.4, -0.2) is 52.5 Å². The number of aromatic nitrogens is 3. The molecule has 40 heavy (non-hydrogen) atoms. The fourth-order valence-electron chi connectivity index (χ4n) is 4.41. The minimum Gasteiger partial charge on any atom is -0.311 e. The Bertz CT molecular complexity index is 1450. The summed E-state index contributed by atoms with van der Waals surface area (Å²) in [5.41, 5.74) is -1.66. The average molecular weight is 596 g/mol. The molecule has 2 aromatic heterocycles. The van der Waals surface area contributed by atoms with E-state index in [4.69, 9.17) is 0 Å². The topological polar surface area (TPSA) is 88.1 Å². The first kappa shape index (κ1) is 29.7. The van der Waals surface area contributed by atoms with Crippen molar-refractivity contribution in [1.82, 2.24) is 24.6 Å². The van der Waals surface area contributed by atoms with Gasteiger partial charge < -0.3 is 5.32 Å². The molecule has 0 spiro atoms. The molecule has 0 aliphatic carbocycles. The summed E-state index contributed by atoms with van der Waals surface area (Å²) in [6.45, 7) is 0.663. The third kappa shape index (κ3) is 6.23. The fraction of sp³-hybridized carbons (Fsp3) is 0.375. The predicted octanol–water partition coefficient (Wildman–Crippen LogP) is 4.99. The van der Waals surface area contributed by atoms with Gasteiger partial charge in [-0.1, -0.05) is 0 Å². The first-order chi connectivity index (χ1) is 18.6. The summed E-state index contributed by atoms with van der Waals surface area (Å²) >= 11 is 0. The number of sulfonamides is 1. The van der Waals surface area contributed by atoms with E-state index in [1.165, 1.54) is 6.92 Å². The first-order valence-electron chi connectivity index (χ1n) is 11.7. The van der Waals surface area contributed by atoms with Crippen LogP contribution in [0.1, 0.15) is 30.3 Å². The van der Waals surface area contributed by atoms with Crippen LogP contribution < -0.4 is 5.32 Å². The molecule has 1 aliphatic heterocycles. The molecule has 4 rings (SSSR count). The van der Waals surface area contributed by atoms with Gasteiger partial charge in [-0.15, -0.1) is 0 Å². The molecule has 0 radical (unpaired) electrons. The molecule has 1 aliphatic rings. The van der Waals surface area contributed by atoms with Crippen LogP contribution in [0.15, 0.2) is 53.8 Å². The van der Waals surface area contributed by atoms with Crippen LogP contribution in [-0.2, 0) is 28.9 Å². The largest absolute Gasteiger partial charge is 0.451 e. The summed E-state index contributed by atoms with van der Waals surface area (Å²) in [4.78, 5) is 9.79. The van der Waals surface area contributed by atoms with E-state index in [9.17, 15) is 43.5 Å². The second-order valence-corrected chi connectivity index (χ2v) is 10.9. The van der Waals surface area contributed by atoms with Gasteiger partial charge in [-0.2, -0.15) is 30.6 Å². The number of nitrogens with zero attached hydrogens (tertiary/aromatic N) is 4. The zero-order valence-corrected chi connectivity index (χ0v) is 21.3. The molecule has 216 valence electrons. The summed E-state index contributed by atoms with van der Waals surface area (Å²) < 4.78 is 134. The number of alkyl halides is 7. The van der Waals surface area contributed by atoms with Crippen molar-refractivity contribution >= 4 is 10.0 Å². The van der Waals surface area contributed by atoms with Gasteiger partial charge in [0.05, 0.1) is 22.2 Å². The van der Waals surface area contributed by atoms with Crippen molar-refractivity contribution in [3.8, 4) is 11.3 Å².